The molecule has 0 aliphatic heterocycles. The van der Waals surface area contributed by atoms with Gasteiger partial charge in [0.05, 0.1) is 6.61 Å². The molecule has 1 atom stereocenters. The van der Waals surface area contributed by atoms with E-state index in [4.69, 9.17) is 10.5 Å². The highest BCUT2D eigenvalue weighted by molar-refractivity contribution is 5.36. The van der Waals surface area contributed by atoms with Crippen LogP contribution in [0.1, 0.15) is 50.6 Å². The zero-order valence-corrected chi connectivity index (χ0v) is 10.7. The highest BCUT2D eigenvalue weighted by Crippen LogP contribution is 2.36. The maximum atomic E-state index is 6.42. The van der Waals surface area contributed by atoms with Crippen LogP contribution in [0.15, 0.2) is 24.3 Å². The van der Waals surface area contributed by atoms with E-state index in [2.05, 4.69) is 12.1 Å². The number of para-hydroxylation sites is 1. The zero-order valence-electron chi connectivity index (χ0n) is 10.7. The molecule has 0 aromatic heterocycles. The summed E-state index contributed by atoms with van der Waals surface area (Å²) in [5, 5.41) is 0. The van der Waals surface area contributed by atoms with Gasteiger partial charge in [0, 0.05) is 11.6 Å². The maximum Gasteiger partial charge on any atom is 0.124 e. The number of hydrogen-bond acceptors (Lipinski definition) is 2. The SMILES string of the molecule is CCOc1ccccc1C(N)C1CCCCC1. The molecule has 0 radical (unpaired) electrons. The summed E-state index contributed by atoms with van der Waals surface area (Å²) in [5.41, 5.74) is 7.60. The summed E-state index contributed by atoms with van der Waals surface area (Å²) in [7, 11) is 0. The first-order chi connectivity index (χ1) is 8.33. The van der Waals surface area contributed by atoms with Gasteiger partial charge in [0.25, 0.3) is 0 Å². The van der Waals surface area contributed by atoms with Crippen LogP contribution in [0.4, 0.5) is 0 Å². The van der Waals surface area contributed by atoms with Crippen LogP contribution in [-0.4, -0.2) is 6.61 Å². The van der Waals surface area contributed by atoms with Gasteiger partial charge in [-0.15, -0.1) is 0 Å². The van der Waals surface area contributed by atoms with Gasteiger partial charge in [-0.2, -0.15) is 0 Å². The Morgan fingerprint density at radius 3 is 2.65 bits per heavy atom. The third-order valence-electron chi connectivity index (χ3n) is 3.74. The van der Waals surface area contributed by atoms with Gasteiger partial charge in [-0.05, 0) is 31.7 Å². The molecule has 1 unspecified atom stereocenters. The van der Waals surface area contributed by atoms with Crippen molar-refractivity contribution in [3.05, 3.63) is 29.8 Å². The Morgan fingerprint density at radius 2 is 1.94 bits per heavy atom. The average molecular weight is 233 g/mol. The van der Waals surface area contributed by atoms with Gasteiger partial charge in [-0.25, -0.2) is 0 Å². The second-order valence-electron chi connectivity index (χ2n) is 4.89. The molecule has 1 aromatic rings. The average Bonchev–Trinajstić information content (AvgIpc) is 2.40. The minimum Gasteiger partial charge on any atom is -0.494 e. The molecule has 2 nitrogen and oxygen atoms in total. The molecule has 2 N–H and O–H groups in total. The van der Waals surface area contributed by atoms with E-state index in [1.807, 2.05) is 19.1 Å². The summed E-state index contributed by atoms with van der Waals surface area (Å²) >= 11 is 0. The van der Waals surface area contributed by atoms with Crippen molar-refractivity contribution in [2.75, 3.05) is 6.61 Å². The van der Waals surface area contributed by atoms with Crippen LogP contribution in [-0.2, 0) is 0 Å². The van der Waals surface area contributed by atoms with Gasteiger partial charge in [0.15, 0.2) is 0 Å². The van der Waals surface area contributed by atoms with Gasteiger partial charge in [0.1, 0.15) is 5.75 Å². The number of nitrogens with two attached hydrogens (primary N) is 1. The predicted molar refractivity (Wildman–Crippen MR) is 71.1 cm³/mol. The number of rotatable bonds is 4. The molecule has 94 valence electrons. The minimum atomic E-state index is 0.137. The molecule has 1 saturated carbocycles. The van der Waals surface area contributed by atoms with Crippen molar-refractivity contribution in [2.24, 2.45) is 11.7 Å². The molecule has 1 aliphatic carbocycles. The zero-order chi connectivity index (χ0) is 12.1. The van der Waals surface area contributed by atoms with E-state index >= 15 is 0 Å². The predicted octanol–water partition coefficient (Wildman–Crippen LogP) is 3.67. The molecule has 0 amide bonds. The van der Waals surface area contributed by atoms with Crippen molar-refractivity contribution in [1.29, 1.82) is 0 Å². The van der Waals surface area contributed by atoms with Crippen molar-refractivity contribution in [1.82, 2.24) is 0 Å². The molecule has 17 heavy (non-hydrogen) atoms. The molecule has 0 saturated heterocycles. The molecular formula is C15H23NO. The smallest absolute Gasteiger partial charge is 0.124 e. The molecule has 1 fully saturated rings. The third-order valence-corrected chi connectivity index (χ3v) is 3.74. The van der Waals surface area contributed by atoms with Crippen LogP contribution >= 0.6 is 0 Å². The lowest BCUT2D eigenvalue weighted by Crippen LogP contribution is -2.24. The van der Waals surface area contributed by atoms with Crippen LogP contribution in [0, 0.1) is 5.92 Å². The van der Waals surface area contributed by atoms with Crippen LogP contribution < -0.4 is 10.5 Å². The maximum absolute atomic E-state index is 6.42. The van der Waals surface area contributed by atoms with Gasteiger partial charge in [0.2, 0.25) is 0 Å². The summed E-state index contributed by atoms with van der Waals surface area (Å²) in [4.78, 5) is 0. The largest absolute Gasteiger partial charge is 0.494 e. The first-order valence-electron chi connectivity index (χ1n) is 6.80. The van der Waals surface area contributed by atoms with Gasteiger partial charge in [-0.1, -0.05) is 37.5 Å². The molecule has 0 heterocycles. The molecule has 1 aliphatic rings. The molecule has 1 aromatic carbocycles. The van der Waals surface area contributed by atoms with Gasteiger partial charge in [-0.3, -0.25) is 0 Å². The highest BCUT2D eigenvalue weighted by atomic mass is 16.5. The van der Waals surface area contributed by atoms with E-state index in [-0.39, 0.29) is 6.04 Å². The summed E-state index contributed by atoms with van der Waals surface area (Å²) in [6.07, 6.45) is 6.56. The van der Waals surface area contributed by atoms with Crippen molar-refractivity contribution in [2.45, 2.75) is 45.1 Å². The van der Waals surface area contributed by atoms with E-state index in [0.717, 1.165) is 5.75 Å². The Balaban J connectivity index is 2.14. The van der Waals surface area contributed by atoms with Crippen molar-refractivity contribution >= 4 is 0 Å². The second-order valence-corrected chi connectivity index (χ2v) is 4.89. The molecule has 2 heteroatoms. The number of hydrogen-bond donors (Lipinski definition) is 1. The van der Waals surface area contributed by atoms with E-state index in [0.29, 0.717) is 12.5 Å². The Bertz CT molecular complexity index is 345. The lowest BCUT2D eigenvalue weighted by Gasteiger charge is -2.28. The monoisotopic (exact) mass is 233 g/mol. The second kappa shape index (κ2) is 6.06. The fourth-order valence-corrected chi connectivity index (χ4v) is 2.79. The van der Waals surface area contributed by atoms with E-state index in [1.165, 1.54) is 37.7 Å². The number of benzene rings is 1. The van der Waals surface area contributed by atoms with Crippen LogP contribution in [0.5, 0.6) is 5.75 Å². The van der Waals surface area contributed by atoms with Crippen molar-refractivity contribution in [3.63, 3.8) is 0 Å². The summed E-state index contributed by atoms with van der Waals surface area (Å²) < 4.78 is 5.67. The summed E-state index contributed by atoms with van der Waals surface area (Å²) in [6.45, 7) is 2.72. The third kappa shape index (κ3) is 3.01. The fraction of sp³-hybridized carbons (Fsp3) is 0.600. The lowest BCUT2D eigenvalue weighted by molar-refractivity contribution is 0.292. The lowest BCUT2D eigenvalue weighted by atomic mass is 9.81. The van der Waals surface area contributed by atoms with Crippen molar-refractivity contribution in [3.8, 4) is 5.75 Å². The Hall–Kier alpha value is -1.02. The van der Waals surface area contributed by atoms with E-state index in [9.17, 15) is 0 Å². The fourth-order valence-electron chi connectivity index (χ4n) is 2.79. The van der Waals surface area contributed by atoms with E-state index < -0.39 is 0 Å². The summed E-state index contributed by atoms with van der Waals surface area (Å²) in [5.74, 6) is 1.60. The minimum absolute atomic E-state index is 0.137. The van der Waals surface area contributed by atoms with Crippen molar-refractivity contribution < 1.29 is 4.74 Å². The Labute approximate surface area is 104 Å². The van der Waals surface area contributed by atoms with Crippen LogP contribution in [0.2, 0.25) is 0 Å². The molecular weight excluding hydrogens is 210 g/mol. The quantitative estimate of drug-likeness (QED) is 0.861. The Morgan fingerprint density at radius 1 is 1.24 bits per heavy atom. The van der Waals surface area contributed by atoms with Crippen LogP contribution in [0.25, 0.3) is 0 Å². The first kappa shape index (κ1) is 12.4. The Kier molecular flexibility index (Phi) is 4.43. The number of ether oxygens (including phenoxy) is 1. The highest BCUT2D eigenvalue weighted by Gasteiger charge is 2.23. The van der Waals surface area contributed by atoms with Gasteiger partial charge < -0.3 is 10.5 Å². The topological polar surface area (TPSA) is 35.2 Å². The molecule has 2 rings (SSSR count). The normalized spacial score (nSPS) is 18.9. The first-order valence-corrected chi connectivity index (χ1v) is 6.80. The summed E-state index contributed by atoms with van der Waals surface area (Å²) in [6, 6.07) is 8.35. The van der Waals surface area contributed by atoms with Gasteiger partial charge >= 0.3 is 0 Å². The molecule has 0 bridgehead atoms. The van der Waals surface area contributed by atoms with E-state index in [1.54, 1.807) is 0 Å². The van der Waals surface area contributed by atoms with Crippen LogP contribution in [0.3, 0.4) is 0 Å². The molecule has 0 spiro atoms. The standard InChI is InChI=1S/C15H23NO/c1-2-17-14-11-7-6-10-13(14)15(16)12-8-4-3-5-9-12/h6-7,10-12,15H,2-5,8-9,16H2,1H3.